The summed E-state index contributed by atoms with van der Waals surface area (Å²) in [4.78, 5) is 0. The van der Waals surface area contributed by atoms with E-state index in [1.807, 2.05) is 0 Å². The van der Waals surface area contributed by atoms with E-state index in [2.05, 4.69) is 0 Å². The Morgan fingerprint density at radius 1 is 0.400 bits per heavy atom. The number of hydrogen-bond acceptors (Lipinski definition) is 0. The molecular weight excluding hydrogens is 512 g/mol. The van der Waals surface area contributed by atoms with Crippen LogP contribution in [-0.2, 0) is 0 Å². The number of halogens is 8. The molecule has 0 unspecified atom stereocenters. The fraction of sp³-hybridized carbons (Fsp3) is 1.00. The predicted octanol–water partition coefficient (Wildman–Crippen LogP) is 10.2. The Bertz CT molecular complexity index is 463. The Kier molecular flexibility index (Phi) is 14.2. The van der Waals surface area contributed by atoms with Gasteiger partial charge in [0.15, 0.2) is 0 Å². The summed E-state index contributed by atoms with van der Waals surface area (Å²) in [6, 6.07) is 0. The maximum atomic E-state index is 9.75. The van der Waals surface area contributed by atoms with Crippen molar-refractivity contribution in [1.82, 2.24) is 0 Å². The van der Waals surface area contributed by atoms with E-state index >= 15 is 0 Å². The largest absolute Gasteiger partial charge is 0.673 e. The minimum absolute atomic E-state index is 0.0250. The molecule has 0 amide bonds. The lowest BCUT2D eigenvalue weighted by Gasteiger charge is -2.25. The number of hydrogen-bond donors (Lipinski definition) is 0. The molecule has 0 spiro atoms. The first-order chi connectivity index (χ1) is 16.4. The molecule has 0 atom stereocenters. The van der Waals surface area contributed by atoms with Crippen molar-refractivity contribution in [2.75, 3.05) is 12.3 Å². The van der Waals surface area contributed by atoms with Gasteiger partial charge in [-0.3, -0.25) is 0 Å². The van der Waals surface area contributed by atoms with Gasteiger partial charge in [0.2, 0.25) is 0 Å². The fourth-order valence-electron chi connectivity index (χ4n) is 7.17. The van der Waals surface area contributed by atoms with Gasteiger partial charge in [-0.15, -0.1) is 0 Å². The highest BCUT2D eigenvalue weighted by Crippen LogP contribution is 2.60. The van der Waals surface area contributed by atoms with Gasteiger partial charge in [-0.2, -0.15) is 0 Å². The lowest BCUT2D eigenvalue weighted by atomic mass is 10.3. The van der Waals surface area contributed by atoms with Crippen LogP contribution in [-0.4, -0.2) is 49.5 Å². The normalized spacial score (nSPS) is 23.1. The zero-order chi connectivity index (χ0) is 25.9. The molecule has 0 aromatic rings. The van der Waals surface area contributed by atoms with Crippen LogP contribution in [0.2, 0.25) is 0 Å². The molecule has 0 aromatic heterocycles. The fourth-order valence-corrected chi connectivity index (χ4v) is 16.3. The second-order valence-corrected chi connectivity index (χ2v) is 17.5. The Morgan fingerprint density at radius 3 is 0.743 bits per heavy atom. The molecule has 0 saturated heterocycles. The van der Waals surface area contributed by atoms with Crippen molar-refractivity contribution in [1.29, 1.82) is 0 Å². The van der Waals surface area contributed by atoms with E-state index in [9.17, 15) is 34.5 Å². The standard InChI is InChI=1S/C23H42P2.2BF4/c1-2-11-20(10-1)24(21-12-3-4-13-21)18-9-19-25(22-14-5-6-15-22)23-16-7-8-17-23;2*2-1(3,4)5/h20-23H,1-19H2;;/q;2*-1/p+2. The molecule has 4 fully saturated rings. The van der Waals surface area contributed by atoms with Gasteiger partial charge in [0, 0.05) is 22.3 Å². The summed E-state index contributed by atoms with van der Waals surface area (Å²) in [6.07, 6.45) is 30.8. The van der Waals surface area contributed by atoms with Crippen LogP contribution in [0.1, 0.15) is 109 Å². The van der Waals surface area contributed by atoms with Crippen LogP contribution in [0.4, 0.5) is 34.5 Å². The van der Waals surface area contributed by atoms with E-state index < -0.39 is 14.5 Å². The van der Waals surface area contributed by atoms with E-state index in [0.29, 0.717) is 0 Å². The van der Waals surface area contributed by atoms with Crippen LogP contribution >= 0.6 is 15.8 Å². The number of rotatable bonds is 8. The lowest BCUT2D eigenvalue weighted by Crippen LogP contribution is -2.16. The topological polar surface area (TPSA) is 0 Å². The molecule has 4 aliphatic carbocycles. The molecule has 4 aliphatic rings. The predicted molar refractivity (Wildman–Crippen MR) is 140 cm³/mol. The molecule has 0 N–H and O–H groups in total. The molecule has 4 saturated carbocycles. The molecular formula is C23H44B2F8P2. The van der Waals surface area contributed by atoms with Gasteiger partial charge < -0.3 is 34.5 Å². The minimum Gasteiger partial charge on any atom is -0.418 e. The molecule has 0 nitrogen and oxygen atoms in total. The molecule has 0 heterocycles. The van der Waals surface area contributed by atoms with Crippen molar-refractivity contribution in [3.63, 3.8) is 0 Å². The second kappa shape index (κ2) is 15.7. The van der Waals surface area contributed by atoms with Crippen molar-refractivity contribution in [2.24, 2.45) is 0 Å². The highest BCUT2D eigenvalue weighted by molar-refractivity contribution is 7.60. The molecule has 0 bridgehead atoms. The lowest BCUT2D eigenvalue weighted by molar-refractivity contribution is 0.366. The minimum atomic E-state index is -6.00. The Labute approximate surface area is 209 Å². The third-order valence-electron chi connectivity index (χ3n) is 8.45. The van der Waals surface area contributed by atoms with Gasteiger partial charge in [-0.25, -0.2) is 0 Å². The molecule has 0 radical (unpaired) electrons. The van der Waals surface area contributed by atoms with E-state index in [0.717, 1.165) is 0 Å². The van der Waals surface area contributed by atoms with Gasteiger partial charge >= 0.3 is 14.5 Å². The first-order valence-corrected chi connectivity index (χ1v) is 17.6. The zero-order valence-corrected chi connectivity index (χ0v) is 22.9. The Morgan fingerprint density at radius 2 is 0.571 bits per heavy atom. The monoisotopic (exact) mass is 556 g/mol. The average Bonchev–Trinajstić information content (AvgIpc) is 3.55. The first kappa shape index (κ1) is 31.6. The van der Waals surface area contributed by atoms with Crippen molar-refractivity contribution in [3.8, 4) is 0 Å². The summed E-state index contributed by atoms with van der Waals surface area (Å²) in [5, 5.41) is 0. The van der Waals surface area contributed by atoms with Crippen LogP contribution < -0.4 is 0 Å². The van der Waals surface area contributed by atoms with Gasteiger partial charge in [-0.1, -0.05) is 0 Å². The third-order valence-corrected chi connectivity index (χ3v) is 16.8. The molecule has 0 aromatic carbocycles. The second-order valence-electron chi connectivity index (χ2n) is 10.9. The smallest absolute Gasteiger partial charge is 0.418 e. The third kappa shape index (κ3) is 14.2. The Balaban J connectivity index is 0.000000368. The van der Waals surface area contributed by atoms with Crippen LogP contribution in [0, 0.1) is 0 Å². The van der Waals surface area contributed by atoms with E-state index in [-0.39, 0.29) is 15.8 Å². The summed E-state index contributed by atoms with van der Waals surface area (Å²) >= 11 is 0. The van der Waals surface area contributed by atoms with Crippen molar-refractivity contribution >= 4 is 30.4 Å². The van der Waals surface area contributed by atoms with Gasteiger partial charge in [0.25, 0.3) is 0 Å². The highest BCUT2D eigenvalue weighted by atomic mass is 31.1. The Hall–Kier alpha value is 0.430. The zero-order valence-electron chi connectivity index (χ0n) is 20.9. The molecule has 12 heteroatoms. The van der Waals surface area contributed by atoms with Crippen molar-refractivity contribution in [3.05, 3.63) is 0 Å². The molecule has 208 valence electrons. The van der Waals surface area contributed by atoms with Gasteiger partial charge in [0.05, 0.1) is 35.0 Å². The van der Waals surface area contributed by atoms with Gasteiger partial charge in [-0.05, 0) is 103 Å². The first-order valence-electron chi connectivity index (χ1n) is 13.9. The SMILES string of the molecule is C1CCC([PH+](CCC[PH+](C2CCCC2)C2CCCC2)C2CCCC2)C1.F[B-](F)(F)F.F[B-](F)(F)F. The van der Waals surface area contributed by atoms with E-state index in [1.54, 1.807) is 121 Å². The molecule has 35 heavy (non-hydrogen) atoms. The maximum Gasteiger partial charge on any atom is 0.673 e. The molecule has 4 rings (SSSR count). The summed E-state index contributed by atoms with van der Waals surface area (Å²) in [5.41, 5.74) is 4.95. The van der Waals surface area contributed by atoms with Crippen molar-refractivity contribution in [2.45, 2.75) is 132 Å². The van der Waals surface area contributed by atoms with E-state index in [4.69, 9.17) is 0 Å². The van der Waals surface area contributed by atoms with Crippen LogP contribution in [0.15, 0.2) is 0 Å². The summed E-state index contributed by atoms with van der Waals surface area (Å²) in [7, 11) is -12.1. The van der Waals surface area contributed by atoms with Crippen LogP contribution in [0.5, 0.6) is 0 Å². The summed E-state index contributed by atoms with van der Waals surface area (Å²) < 4.78 is 78.0. The maximum absolute atomic E-state index is 9.75. The quantitative estimate of drug-likeness (QED) is 0.159. The van der Waals surface area contributed by atoms with Crippen LogP contribution in [0.25, 0.3) is 0 Å². The summed E-state index contributed by atoms with van der Waals surface area (Å²) in [5.74, 6) is 0. The summed E-state index contributed by atoms with van der Waals surface area (Å²) in [6.45, 7) is 0. The van der Waals surface area contributed by atoms with Gasteiger partial charge in [0.1, 0.15) is 0 Å². The van der Waals surface area contributed by atoms with Crippen LogP contribution in [0.3, 0.4) is 0 Å². The molecule has 0 aliphatic heterocycles. The van der Waals surface area contributed by atoms with Crippen molar-refractivity contribution < 1.29 is 34.5 Å². The highest BCUT2D eigenvalue weighted by Gasteiger charge is 2.41. The van der Waals surface area contributed by atoms with E-state index in [1.165, 1.54) is 22.6 Å². The average molecular weight is 556 g/mol.